The van der Waals surface area contributed by atoms with E-state index >= 15 is 0 Å². The van der Waals surface area contributed by atoms with Crippen LogP contribution >= 0.6 is 11.6 Å². The maximum absolute atomic E-state index is 8.91. The van der Waals surface area contributed by atoms with Gasteiger partial charge >= 0.3 is 0 Å². The molecule has 19 heavy (non-hydrogen) atoms. The summed E-state index contributed by atoms with van der Waals surface area (Å²) in [5.41, 5.74) is 7.17. The van der Waals surface area contributed by atoms with E-state index in [0.717, 1.165) is 12.2 Å². The largest absolute Gasteiger partial charge is 0.409 e. The molecule has 0 saturated carbocycles. The molecule has 1 aromatic rings. The molecule has 1 aliphatic rings. The number of hydrogen-bond donors (Lipinski definition) is 2. The van der Waals surface area contributed by atoms with Crippen molar-refractivity contribution in [3.63, 3.8) is 0 Å². The van der Waals surface area contributed by atoms with E-state index in [9.17, 15) is 0 Å². The van der Waals surface area contributed by atoms with Crippen LogP contribution in [-0.4, -0.2) is 36.3 Å². The Labute approximate surface area is 117 Å². The first-order valence-corrected chi connectivity index (χ1v) is 6.57. The predicted molar refractivity (Wildman–Crippen MR) is 76.2 cm³/mol. The molecule has 2 atom stereocenters. The SMILES string of the molecule is CC1CN(c2cccc(Cl)c2C(N)=NO)C(C)CO1. The molecular weight excluding hydrogens is 266 g/mol. The summed E-state index contributed by atoms with van der Waals surface area (Å²) in [7, 11) is 0. The first kappa shape index (κ1) is 14.0. The van der Waals surface area contributed by atoms with Crippen molar-refractivity contribution in [3.05, 3.63) is 28.8 Å². The van der Waals surface area contributed by atoms with Gasteiger partial charge in [-0.1, -0.05) is 22.8 Å². The molecule has 0 spiro atoms. The summed E-state index contributed by atoms with van der Waals surface area (Å²) in [5.74, 6) is 0.0203. The minimum atomic E-state index is 0.0203. The summed E-state index contributed by atoms with van der Waals surface area (Å²) in [6.07, 6.45) is 0.135. The van der Waals surface area contributed by atoms with Gasteiger partial charge in [0, 0.05) is 18.3 Å². The lowest BCUT2D eigenvalue weighted by Crippen LogP contribution is -2.48. The van der Waals surface area contributed by atoms with E-state index in [1.54, 1.807) is 6.07 Å². The maximum atomic E-state index is 8.91. The second kappa shape index (κ2) is 5.67. The van der Waals surface area contributed by atoms with Crippen LogP contribution in [0.5, 0.6) is 0 Å². The zero-order valence-electron chi connectivity index (χ0n) is 11.0. The summed E-state index contributed by atoms with van der Waals surface area (Å²) in [5, 5.41) is 12.5. The van der Waals surface area contributed by atoms with Gasteiger partial charge in [-0.25, -0.2) is 0 Å². The lowest BCUT2D eigenvalue weighted by molar-refractivity contribution is 0.0343. The fourth-order valence-electron chi connectivity index (χ4n) is 2.29. The summed E-state index contributed by atoms with van der Waals surface area (Å²) < 4.78 is 5.61. The van der Waals surface area contributed by atoms with E-state index in [1.165, 1.54) is 0 Å². The molecule has 0 bridgehead atoms. The molecule has 0 radical (unpaired) electrons. The molecule has 104 valence electrons. The molecule has 6 heteroatoms. The Morgan fingerprint density at radius 2 is 2.26 bits per heavy atom. The van der Waals surface area contributed by atoms with E-state index in [4.69, 9.17) is 27.3 Å². The van der Waals surface area contributed by atoms with Gasteiger partial charge in [0.2, 0.25) is 0 Å². The van der Waals surface area contributed by atoms with E-state index in [-0.39, 0.29) is 18.0 Å². The van der Waals surface area contributed by atoms with Crippen LogP contribution in [-0.2, 0) is 4.74 Å². The standard InChI is InChI=1S/C13H18ClN3O2/c1-8-7-19-9(2)6-17(8)11-5-3-4-10(14)12(11)13(15)16-18/h3-5,8-9,18H,6-7H2,1-2H3,(H2,15,16). The molecule has 2 unspecified atom stereocenters. The maximum Gasteiger partial charge on any atom is 0.173 e. The van der Waals surface area contributed by atoms with Crippen molar-refractivity contribution in [1.29, 1.82) is 0 Å². The van der Waals surface area contributed by atoms with Gasteiger partial charge in [0.25, 0.3) is 0 Å². The second-order valence-corrected chi connectivity index (χ2v) is 5.17. The van der Waals surface area contributed by atoms with Gasteiger partial charge in [-0.15, -0.1) is 0 Å². The van der Waals surface area contributed by atoms with Crippen LogP contribution in [0.3, 0.4) is 0 Å². The van der Waals surface area contributed by atoms with Gasteiger partial charge in [-0.3, -0.25) is 0 Å². The Bertz CT molecular complexity index is 493. The fourth-order valence-corrected chi connectivity index (χ4v) is 2.56. The summed E-state index contributed by atoms with van der Waals surface area (Å²) in [6, 6.07) is 5.72. The third kappa shape index (κ3) is 2.77. The highest BCUT2D eigenvalue weighted by Gasteiger charge is 2.27. The predicted octanol–water partition coefficient (Wildman–Crippen LogP) is 2.05. The van der Waals surface area contributed by atoms with Gasteiger partial charge in [0.05, 0.1) is 23.3 Å². The van der Waals surface area contributed by atoms with Crippen LogP contribution < -0.4 is 10.6 Å². The van der Waals surface area contributed by atoms with E-state index in [0.29, 0.717) is 17.2 Å². The van der Waals surface area contributed by atoms with E-state index in [2.05, 4.69) is 17.0 Å². The van der Waals surface area contributed by atoms with Crippen LogP contribution in [0.4, 0.5) is 5.69 Å². The molecule has 0 amide bonds. The Hall–Kier alpha value is -1.46. The third-order valence-corrected chi connectivity index (χ3v) is 3.59. The Kier molecular flexibility index (Phi) is 4.17. The van der Waals surface area contributed by atoms with Crippen LogP contribution in [0.25, 0.3) is 0 Å². The molecule has 0 aliphatic carbocycles. The number of benzene rings is 1. The normalized spacial score (nSPS) is 24.6. The number of anilines is 1. The molecule has 1 saturated heterocycles. The average molecular weight is 284 g/mol. The number of hydrogen-bond acceptors (Lipinski definition) is 4. The lowest BCUT2D eigenvalue weighted by Gasteiger charge is -2.39. The Morgan fingerprint density at radius 1 is 1.53 bits per heavy atom. The first-order chi connectivity index (χ1) is 9.04. The summed E-state index contributed by atoms with van der Waals surface area (Å²) in [6.45, 7) is 5.48. The van der Waals surface area contributed by atoms with Crippen LogP contribution in [0.1, 0.15) is 19.4 Å². The van der Waals surface area contributed by atoms with Gasteiger partial charge in [0.1, 0.15) is 0 Å². The van der Waals surface area contributed by atoms with Crippen molar-refractivity contribution in [2.75, 3.05) is 18.1 Å². The minimum absolute atomic E-state index is 0.0203. The highest BCUT2D eigenvalue weighted by atomic mass is 35.5. The molecule has 5 nitrogen and oxygen atoms in total. The van der Waals surface area contributed by atoms with Gasteiger partial charge < -0.3 is 20.6 Å². The van der Waals surface area contributed by atoms with Crippen molar-refractivity contribution in [1.82, 2.24) is 0 Å². The minimum Gasteiger partial charge on any atom is -0.409 e. The number of oxime groups is 1. The van der Waals surface area contributed by atoms with Gasteiger partial charge in [0.15, 0.2) is 5.84 Å². The number of ether oxygens (including phenoxy) is 1. The molecule has 2 rings (SSSR count). The average Bonchev–Trinajstić information content (AvgIpc) is 2.40. The number of amidine groups is 1. The van der Waals surface area contributed by atoms with E-state index in [1.807, 2.05) is 19.1 Å². The molecular formula is C13H18ClN3O2. The molecule has 1 fully saturated rings. The van der Waals surface area contributed by atoms with Crippen molar-refractivity contribution >= 4 is 23.1 Å². The highest BCUT2D eigenvalue weighted by molar-refractivity contribution is 6.34. The van der Waals surface area contributed by atoms with Crippen molar-refractivity contribution in [2.45, 2.75) is 26.0 Å². The zero-order chi connectivity index (χ0) is 14.0. The first-order valence-electron chi connectivity index (χ1n) is 6.19. The molecule has 1 aromatic carbocycles. The molecule has 1 aliphatic heterocycles. The van der Waals surface area contributed by atoms with Crippen molar-refractivity contribution in [2.24, 2.45) is 10.9 Å². The highest BCUT2D eigenvalue weighted by Crippen LogP contribution is 2.30. The van der Waals surface area contributed by atoms with Crippen molar-refractivity contribution < 1.29 is 9.94 Å². The zero-order valence-corrected chi connectivity index (χ0v) is 11.8. The Morgan fingerprint density at radius 3 is 2.95 bits per heavy atom. The fraction of sp³-hybridized carbons (Fsp3) is 0.462. The third-order valence-electron chi connectivity index (χ3n) is 3.27. The monoisotopic (exact) mass is 283 g/mol. The lowest BCUT2D eigenvalue weighted by atomic mass is 10.1. The molecule has 1 heterocycles. The summed E-state index contributed by atoms with van der Waals surface area (Å²) >= 11 is 6.18. The number of nitrogens with two attached hydrogens (primary N) is 1. The molecule has 3 N–H and O–H groups in total. The van der Waals surface area contributed by atoms with E-state index < -0.39 is 0 Å². The van der Waals surface area contributed by atoms with Crippen LogP contribution in [0.15, 0.2) is 23.4 Å². The number of halogens is 1. The van der Waals surface area contributed by atoms with Crippen molar-refractivity contribution in [3.8, 4) is 0 Å². The topological polar surface area (TPSA) is 71.1 Å². The number of nitrogens with zero attached hydrogens (tertiary/aromatic N) is 2. The smallest absolute Gasteiger partial charge is 0.173 e. The van der Waals surface area contributed by atoms with Crippen LogP contribution in [0.2, 0.25) is 5.02 Å². The van der Waals surface area contributed by atoms with Gasteiger partial charge in [-0.2, -0.15) is 0 Å². The second-order valence-electron chi connectivity index (χ2n) is 4.76. The Balaban J connectivity index is 2.46. The van der Waals surface area contributed by atoms with Gasteiger partial charge in [-0.05, 0) is 26.0 Å². The molecule has 0 aromatic heterocycles. The number of rotatable bonds is 2. The quantitative estimate of drug-likeness (QED) is 0.377. The summed E-state index contributed by atoms with van der Waals surface area (Å²) in [4.78, 5) is 2.17. The number of morpholine rings is 1. The van der Waals surface area contributed by atoms with Crippen LogP contribution in [0, 0.1) is 0 Å².